The lowest BCUT2D eigenvalue weighted by Crippen LogP contribution is -2.57. The van der Waals surface area contributed by atoms with Crippen molar-refractivity contribution in [1.82, 2.24) is 9.91 Å². The van der Waals surface area contributed by atoms with E-state index in [1.54, 1.807) is 6.21 Å². The Labute approximate surface area is 191 Å². The van der Waals surface area contributed by atoms with Gasteiger partial charge in [-0.3, -0.25) is 9.59 Å². The predicted molar refractivity (Wildman–Crippen MR) is 123 cm³/mol. The predicted octanol–water partition coefficient (Wildman–Crippen LogP) is 3.52. The van der Waals surface area contributed by atoms with Crippen LogP contribution < -0.4 is 0 Å². The summed E-state index contributed by atoms with van der Waals surface area (Å²) in [4.78, 5) is 38.3. The quantitative estimate of drug-likeness (QED) is 0.360. The van der Waals surface area contributed by atoms with Crippen molar-refractivity contribution in [3.05, 3.63) is 12.3 Å². The number of carbonyl (C=O) groups excluding carboxylic acids is 3. The van der Waals surface area contributed by atoms with Gasteiger partial charge in [-0.1, -0.05) is 41.2 Å². The number of hydrazone groups is 1. The van der Waals surface area contributed by atoms with Crippen LogP contribution in [0.5, 0.6) is 0 Å². The van der Waals surface area contributed by atoms with Crippen molar-refractivity contribution in [3.63, 3.8) is 0 Å². The van der Waals surface area contributed by atoms with Crippen LogP contribution in [0.4, 0.5) is 4.79 Å². The summed E-state index contributed by atoms with van der Waals surface area (Å²) in [6.07, 6.45) is 0.964. The molecular weight excluding hydrogens is 430 g/mol. The minimum atomic E-state index is -2.02. The molecule has 0 aromatic rings. The number of hydrogen-bond acceptors (Lipinski definition) is 7. The maximum Gasteiger partial charge on any atom is 0.417 e. The fraction of sp³-hybridized carbons (Fsp3) is 0.727. The van der Waals surface area contributed by atoms with E-state index in [0.717, 1.165) is 23.0 Å². The Morgan fingerprint density at radius 1 is 1.28 bits per heavy atom. The molecule has 0 aliphatic carbocycles. The molecule has 2 heterocycles. The molecule has 32 heavy (non-hydrogen) atoms. The Balaban J connectivity index is 2.38. The summed E-state index contributed by atoms with van der Waals surface area (Å²) in [5.74, 6) is -0.418. The van der Waals surface area contributed by atoms with Crippen LogP contribution in [0, 0.1) is 5.92 Å². The van der Waals surface area contributed by atoms with Gasteiger partial charge in [0.1, 0.15) is 18.4 Å². The van der Waals surface area contributed by atoms with Crippen LogP contribution in [-0.2, 0) is 23.5 Å². The van der Waals surface area contributed by atoms with Gasteiger partial charge in [-0.15, -0.1) is 0 Å². The monoisotopic (exact) mass is 467 g/mol. The number of nitrogens with zero attached hydrogens (tertiary/aromatic N) is 3. The molecule has 9 nitrogen and oxygen atoms in total. The van der Waals surface area contributed by atoms with Crippen molar-refractivity contribution in [2.24, 2.45) is 11.0 Å². The molecule has 2 aliphatic heterocycles. The number of carbonyl (C=O) groups is 3. The van der Waals surface area contributed by atoms with Crippen LogP contribution in [0.2, 0.25) is 18.1 Å². The van der Waals surface area contributed by atoms with Crippen molar-refractivity contribution in [1.29, 1.82) is 0 Å². The Hall–Kier alpha value is -2.20. The second-order valence-electron chi connectivity index (χ2n) is 8.71. The number of amides is 3. The highest BCUT2D eigenvalue weighted by atomic mass is 28.4. The molecule has 0 aromatic heterocycles. The molecule has 1 fully saturated rings. The van der Waals surface area contributed by atoms with E-state index in [1.165, 1.54) is 11.9 Å². The Kier molecular flexibility index (Phi) is 9.03. The van der Waals surface area contributed by atoms with E-state index >= 15 is 0 Å². The topological polar surface area (TPSA) is 97.7 Å². The second kappa shape index (κ2) is 11.1. The Morgan fingerprint density at radius 2 is 1.91 bits per heavy atom. The maximum absolute atomic E-state index is 13.5. The summed E-state index contributed by atoms with van der Waals surface area (Å²) in [6, 6.07) is 1.12. The molecule has 0 unspecified atom stereocenters. The third-order valence-corrected chi connectivity index (χ3v) is 10.8. The fourth-order valence-corrected chi connectivity index (χ4v) is 6.90. The lowest BCUT2D eigenvalue weighted by Gasteiger charge is -2.42. The van der Waals surface area contributed by atoms with Gasteiger partial charge in [-0.05, 0) is 24.1 Å². The van der Waals surface area contributed by atoms with Gasteiger partial charge >= 0.3 is 6.09 Å². The van der Waals surface area contributed by atoms with Crippen molar-refractivity contribution < 1.29 is 28.3 Å². The molecule has 0 spiro atoms. The van der Waals surface area contributed by atoms with Gasteiger partial charge in [0.05, 0.1) is 12.7 Å². The molecule has 2 rings (SSSR count). The SMILES string of the molecule is C=C(OCC(C)C)[C@@H]1[C@@H](O[Si](CC)(CC)CC)CC=NN1C(=O)[C@H]1COC(=O)N1C(C)=O. The summed E-state index contributed by atoms with van der Waals surface area (Å²) in [6.45, 7) is 16.0. The summed E-state index contributed by atoms with van der Waals surface area (Å²) >= 11 is 0. The molecular formula is C22H37N3O6Si. The number of cyclic esters (lactones) is 1. The van der Waals surface area contributed by atoms with Gasteiger partial charge in [0.15, 0.2) is 14.4 Å². The Morgan fingerprint density at radius 3 is 2.44 bits per heavy atom. The highest BCUT2D eigenvalue weighted by Crippen LogP contribution is 2.32. The average Bonchev–Trinajstić information content (AvgIpc) is 3.16. The molecule has 0 N–H and O–H groups in total. The summed E-state index contributed by atoms with van der Waals surface area (Å²) in [7, 11) is -2.02. The van der Waals surface area contributed by atoms with Crippen LogP contribution >= 0.6 is 0 Å². The first-order chi connectivity index (χ1) is 15.1. The van der Waals surface area contributed by atoms with Gasteiger partial charge in [0.2, 0.25) is 5.91 Å². The van der Waals surface area contributed by atoms with E-state index < -0.39 is 38.3 Å². The number of hydrogen-bond donors (Lipinski definition) is 0. The van der Waals surface area contributed by atoms with Crippen LogP contribution in [0.25, 0.3) is 0 Å². The van der Waals surface area contributed by atoms with Crippen LogP contribution in [0.15, 0.2) is 17.4 Å². The zero-order valence-electron chi connectivity index (χ0n) is 20.1. The maximum atomic E-state index is 13.5. The zero-order valence-corrected chi connectivity index (χ0v) is 21.1. The van der Waals surface area contributed by atoms with Crippen LogP contribution in [0.3, 0.4) is 0 Å². The van der Waals surface area contributed by atoms with Gasteiger partial charge in [0.25, 0.3) is 5.91 Å². The van der Waals surface area contributed by atoms with Crippen molar-refractivity contribution in [2.75, 3.05) is 13.2 Å². The summed E-state index contributed by atoms with van der Waals surface area (Å²) in [5.41, 5.74) is 0. The molecule has 3 amide bonds. The van der Waals surface area contributed by atoms with Gasteiger partial charge in [-0.2, -0.15) is 5.10 Å². The van der Waals surface area contributed by atoms with Crippen molar-refractivity contribution in [3.8, 4) is 0 Å². The number of rotatable bonds is 10. The van der Waals surface area contributed by atoms with E-state index in [1.807, 2.05) is 13.8 Å². The third kappa shape index (κ3) is 5.58. The summed E-state index contributed by atoms with van der Waals surface area (Å²) in [5, 5.41) is 5.59. The number of ether oxygens (including phenoxy) is 2. The molecule has 0 aromatic carbocycles. The van der Waals surface area contributed by atoms with E-state index in [-0.39, 0.29) is 18.6 Å². The van der Waals surface area contributed by atoms with E-state index in [0.29, 0.717) is 18.8 Å². The fourth-order valence-electron chi connectivity index (χ4n) is 4.03. The van der Waals surface area contributed by atoms with Crippen LogP contribution in [0.1, 0.15) is 48.0 Å². The molecule has 180 valence electrons. The average molecular weight is 468 g/mol. The lowest BCUT2D eigenvalue weighted by molar-refractivity contribution is -0.144. The van der Waals surface area contributed by atoms with Gasteiger partial charge < -0.3 is 13.9 Å². The highest BCUT2D eigenvalue weighted by molar-refractivity contribution is 6.73. The van der Waals surface area contributed by atoms with Crippen LogP contribution in [-0.4, -0.2) is 73.7 Å². The van der Waals surface area contributed by atoms with E-state index in [4.69, 9.17) is 13.9 Å². The van der Waals surface area contributed by atoms with Crippen molar-refractivity contribution in [2.45, 2.75) is 84.3 Å². The standard InChI is InChI=1S/C22H37N3O6Si/c1-8-32(9-2,10-3)31-19-11-12-23-25(20(19)16(6)29-13-15(4)5)21(27)18-14-30-22(28)24(18)17(7)26/h12,15,18-20H,6,8-11,13-14H2,1-5,7H3/t18-,19+,20-/m1/s1. The summed E-state index contributed by atoms with van der Waals surface area (Å²) < 4.78 is 17.6. The molecule has 0 radical (unpaired) electrons. The molecule has 2 aliphatic rings. The van der Waals surface area contributed by atoms with Gasteiger partial charge in [0, 0.05) is 19.6 Å². The van der Waals surface area contributed by atoms with Gasteiger partial charge in [-0.25, -0.2) is 14.7 Å². The highest BCUT2D eigenvalue weighted by Gasteiger charge is 2.48. The number of imide groups is 1. The first kappa shape index (κ1) is 26.1. The van der Waals surface area contributed by atoms with E-state index in [2.05, 4.69) is 32.5 Å². The molecule has 0 saturated carbocycles. The smallest absolute Gasteiger partial charge is 0.417 e. The largest absolute Gasteiger partial charge is 0.496 e. The van der Waals surface area contributed by atoms with Crippen molar-refractivity contribution >= 4 is 32.4 Å². The minimum Gasteiger partial charge on any atom is -0.496 e. The zero-order chi connectivity index (χ0) is 24.1. The molecule has 0 bridgehead atoms. The van der Waals surface area contributed by atoms with E-state index in [9.17, 15) is 14.4 Å². The second-order valence-corrected chi connectivity index (χ2v) is 13.4. The molecule has 1 saturated heterocycles. The minimum absolute atomic E-state index is 0.210. The lowest BCUT2D eigenvalue weighted by atomic mass is 10.0. The molecule has 3 atom stereocenters. The normalized spacial score (nSPS) is 23.5. The first-order valence-electron chi connectivity index (χ1n) is 11.4. The third-order valence-electron chi connectivity index (χ3n) is 6.15. The Bertz CT molecular complexity index is 744. The first-order valence-corrected chi connectivity index (χ1v) is 13.9. The molecule has 10 heteroatoms.